The van der Waals surface area contributed by atoms with Crippen molar-refractivity contribution in [2.75, 3.05) is 13.2 Å². The van der Waals surface area contributed by atoms with Gasteiger partial charge in [0.05, 0.1) is 6.61 Å². The smallest absolute Gasteiger partial charge is 0.0613 e. The van der Waals surface area contributed by atoms with Crippen LogP contribution >= 0.6 is 0 Å². The molecule has 0 radical (unpaired) electrons. The second-order valence-electron chi connectivity index (χ2n) is 6.46. The highest BCUT2D eigenvalue weighted by atomic mass is 16.3. The van der Waals surface area contributed by atoms with Crippen molar-refractivity contribution in [2.24, 2.45) is 17.8 Å². The fourth-order valence-electron chi connectivity index (χ4n) is 2.66. The van der Waals surface area contributed by atoms with Gasteiger partial charge in [-0.25, -0.2) is 0 Å². The highest BCUT2D eigenvalue weighted by molar-refractivity contribution is 4.91. The zero-order valence-electron chi connectivity index (χ0n) is 11.4. The summed E-state index contributed by atoms with van der Waals surface area (Å²) in [5.41, 5.74) is -0.0368. The Balaban J connectivity index is 2.53. The average Bonchev–Trinajstić information content (AvgIpc) is 2.95. The van der Waals surface area contributed by atoms with Gasteiger partial charge < -0.3 is 10.4 Å². The summed E-state index contributed by atoms with van der Waals surface area (Å²) in [5.74, 6) is 2.15. The summed E-state index contributed by atoms with van der Waals surface area (Å²) in [6.45, 7) is 10.3. The molecule has 0 amide bonds. The molecule has 2 nitrogen and oxygen atoms in total. The van der Waals surface area contributed by atoms with Crippen LogP contribution in [0.3, 0.4) is 0 Å². The molecule has 0 atom stereocenters. The molecule has 96 valence electrons. The van der Waals surface area contributed by atoms with E-state index in [1.807, 2.05) is 0 Å². The van der Waals surface area contributed by atoms with Crippen molar-refractivity contribution < 1.29 is 5.11 Å². The van der Waals surface area contributed by atoms with E-state index in [4.69, 9.17) is 0 Å². The van der Waals surface area contributed by atoms with Crippen molar-refractivity contribution in [1.82, 2.24) is 5.32 Å². The van der Waals surface area contributed by atoms with Gasteiger partial charge in [0.25, 0.3) is 0 Å². The Bertz CT molecular complexity index is 187. The zero-order valence-corrected chi connectivity index (χ0v) is 11.4. The van der Waals surface area contributed by atoms with E-state index in [2.05, 4.69) is 33.0 Å². The van der Waals surface area contributed by atoms with Gasteiger partial charge in [0.2, 0.25) is 0 Å². The standard InChI is InChI=1S/C14H29NO/c1-11(2)7-14(10-16,8-12(3)4)15-9-13-5-6-13/h11-13,15-16H,5-10H2,1-4H3. The second-order valence-corrected chi connectivity index (χ2v) is 6.46. The average molecular weight is 227 g/mol. The zero-order chi connectivity index (χ0) is 12.2. The van der Waals surface area contributed by atoms with E-state index in [0.717, 1.165) is 25.3 Å². The third-order valence-electron chi connectivity index (χ3n) is 3.36. The number of aliphatic hydroxyl groups is 1. The molecule has 0 aromatic carbocycles. The Hall–Kier alpha value is -0.0800. The lowest BCUT2D eigenvalue weighted by Crippen LogP contribution is -2.51. The molecule has 0 aromatic heterocycles. The molecule has 0 bridgehead atoms. The third-order valence-corrected chi connectivity index (χ3v) is 3.36. The van der Waals surface area contributed by atoms with Crippen molar-refractivity contribution in [3.63, 3.8) is 0 Å². The monoisotopic (exact) mass is 227 g/mol. The molecule has 1 aliphatic carbocycles. The minimum absolute atomic E-state index is 0.0368. The van der Waals surface area contributed by atoms with E-state index < -0.39 is 0 Å². The molecule has 1 fully saturated rings. The summed E-state index contributed by atoms with van der Waals surface area (Å²) < 4.78 is 0. The molecule has 0 aromatic rings. The molecule has 1 aliphatic rings. The van der Waals surface area contributed by atoms with Crippen LogP contribution in [-0.4, -0.2) is 23.8 Å². The van der Waals surface area contributed by atoms with Crippen LogP contribution in [0.2, 0.25) is 0 Å². The summed E-state index contributed by atoms with van der Waals surface area (Å²) in [6.07, 6.45) is 4.90. The Morgan fingerprint density at radius 3 is 1.94 bits per heavy atom. The quantitative estimate of drug-likeness (QED) is 0.668. The van der Waals surface area contributed by atoms with Crippen LogP contribution in [0.15, 0.2) is 0 Å². The summed E-state index contributed by atoms with van der Waals surface area (Å²) >= 11 is 0. The topological polar surface area (TPSA) is 32.3 Å². The highest BCUT2D eigenvalue weighted by Gasteiger charge is 2.33. The van der Waals surface area contributed by atoms with Gasteiger partial charge in [0.1, 0.15) is 0 Å². The van der Waals surface area contributed by atoms with Crippen molar-refractivity contribution in [3.8, 4) is 0 Å². The molecule has 0 saturated heterocycles. The van der Waals surface area contributed by atoms with Crippen molar-refractivity contribution in [2.45, 2.75) is 58.9 Å². The number of nitrogens with one attached hydrogen (secondary N) is 1. The predicted octanol–water partition coefficient (Wildman–Crippen LogP) is 2.81. The molecule has 2 heteroatoms. The van der Waals surface area contributed by atoms with Crippen LogP contribution in [0.4, 0.5) is 0 Å². The minimum Gasteiger partial charge on any atom is -0.394 e. The van der Waals surface area contributed by atoms with Crippen molar-refractivity contribution in [3.05, 3.63) is 0 Å². The number of aliphatic hydroxyl groups excluding tert-OH is 1. The lowest BCUT2D eigenvalue weighted by Gasteiger charge is -2.36. The molecule has 16 heavy (non-hydrogen) atoms. The van der Waals surface area contributed by atoms with Gasteiger partial charge >= 0.3 is 0 Å². The highest BCUT2D eigenvalue weighted by Crippen LogP contribution is 2.30. The number of rotatable bonds is 8. The predicted molar refractivity (Wildman–Crippen MR) is 69.5 cm³/mol. The molecule has 0 unspecified atom stereocenters. The summed E-state index contributed by atoms with van der Waals surface area (Å²) in [6, 6.07) is 0. The van der Waals surface area contributed by atoms with Crippen LogP contribution in [0, 0.1) is 17.8 Å². The maximum absolute atomic E-state index is 9.75. The van der Waals surface area contributed by atoms with Gasteiger partial charge in [-0.1, -0.05) is 27.7 Å². The lowest BCUT2D eigenvalue weighted by atomic mass is 9.82. The molecule has 1 saturated carbocycles. The van der Waals surface area contributed by atoms with Crippen LogP contribution in [0.5, 0.6) is 0 Å². The van der Waals surface area contributed by atoms with Crippen molar-refractivity contribution >= 4 is 0 Å². The third kappa shape index (κ3) is 4.84. The SMILES string of the molecule is CC(C)CC(CO)(CC(C)C)NCC1CC1. The second kappa shape index (κ2) is 6.02. The minimum atomic E-state index is -0.0368. The van der Waals surface area contributed by atoms with Crippen LogP contribution in [-0.2, 0) is 0 Å². The van der Waals surface area contributed by atoms with Gasteiger partial charge in [-0.3, -0.25) is 0 Å². The first-order valence-electron chi connectivity index (χ1n) is 6.83. The summed E-state index contributed by atoms with van der Waals surface area (Å²) in [5, 5.41) is 13.4. The Morgan fingerprint density at radius 2 is 1.62 bits per heavy atom. The first kappa shape index (κ1) is 14.0. The van der Waals surface area contributed by atoms with E-state index in [-0.39, 0.29) is 12.1 Å². The van der Waals surface area contributed by atoms with E-state index in [1.54, 1.807) is 0 Å². The van der Waals surface area contributed by atoms with Crippen LogP contribution < -0.4 is 5.32 Å². The molecular formula is C14H29NO. The maximum atomic E-state index is 9.75. The number of hydrogen-bond acceptors (Lipinski definition) is 2. The Kier molecular flexibility index (Phi) is 5.26. The van der Waals surface area contributed by atoms with Crippen LogP contribution in [0.25, 0.3) is 0 Å². The molecule has 1 rings (SSSR count). The van der Waals surface area contributed by atoms with E-state index >= 15 is 0 Å². The van der Waals surface area contributed by atoms with Crippen molar-refractivity contribution in [1.29, 1.82) is 0 Å². The van der Waals surface area contributed by atoms with Gasteiger partial charge in [-0.05, 0) is 50.0 Å². The van der Waals surface area contributed by atoms with Gasteiger partial charge in [-0.15, -0.1) is 0 Å². The van der Waals surface area contributed by atoms with Gasteiger partial charge in [0, 0.05) is 5.54 Å². The molecule has 0 heterocycles. The Labute approximate surface area is 101 Å². The molecular weight excluding hydrogens is 198 g/mol. The fraction of sp³-hybridized carbons (Fsp3) is 1.00. The molecule has 2 N–H and O–H groups in total. The van der Waals surface area contributed by atoms with E-state index in [0.29, 0.717) is 11.8 Å². The maximum Gasteiger partial charge on any atom is 0.0613 e. The van der Waals surface area contributed by atoms with Crippen LogP contribution in [0.1, 0.15) is 53.4 Å². The van der Waals surface area contributed by atoms with Gasteiger partial charge in [-0.2, -0.15) is 0 Å². The van der Waals surface area contributed by atoms with Gasteiger partial charge in [0.15, 0.2) is 0 Å². The largest absolute Gasteiger partial charge is 0.394 e. The first-order chi connectivity index (χ1) is 7.47. The fourth-order valence-corrected chi connectivity index (χ4v) is 2.66. The lowest BCUT2D eigenvalue weighted by molar-refractivity contribution is 0.115. The first-order valence-corrected chi connectivity index (χ1v) is 6.83. The summed E-state index contributed by atoms with van der Waals surface area (Å²) in [4.78, 5) is 0. The molecule has 0 spiro atoms. The number of hydrogen-bond donors (Lipinski definition) is 2. The summed E-state index contributed by atoms with van der Waals surface area (Å²) in [7, 11) is 0. The Morgan fingerprint density at radius 1 is 1.12 bits per heavy atom. The normalized spacial score (nSPS) is 17.4. The van der Waals surface area contributed by atoms with E-state index in [9.17, 15) is 5.11 Å². The van der Waals surface area contributed by atoms with E-state index in [1.165, 1.54) is 12.8 Å². The molecule has 0 aliphatic heterocycles.